The summed E-state index contributed by atoms with van der Waals surface area (Å²) in [6.45, 7) is 3.85. The molecule has 7 nitrogen and oxygen atoms in total. The van der Waals surface area contributed by atoms with Crippen LogP contribution in [-0.4, -0.2) is 24.5 Å². The van der Waals surface area contributed by atoms with Crippen LogP contribution in [-0.2, 0) is 4.79 Å². The average molecular weight is 379 g/mol. The monoisotopic (exact) mass is 378 g/mol. The minimum atomic E-state index is -0.517. The number of amides is 1. The first-order valence-corrected chi connectivity index (χ1v) is 8.42. The summed E-state index contributed by atoms with van der Waals surface area (Å²) in [5.41, 5.74) is 1.89. The number of benzene rings is 2. The van der Waals surface area contributed by atoms with Gasteiger partial charge >= 0.3 is 5.69 Å². The molecule has 0 aliphatic carbocycles. The Morgan fingerprint density at radius 2 is 2.08 bits per heavy atom. The highest BCUT2D eigenvalue weighted by Crippen LogP contribution is 2.32. The lowest BCUT2D eigenvalue weighted by atomic mass is 10.1. The molecule has 26 heavy (non-hydrogen) atoms. The van der Waals surface area contributed by atoms with Crippen LogP contribution in [0.15, 0.2) is 36.4 Å². The zero-order valence-electron chi connectivity index (χ0n) is 14.8. The van der Waals surface area contributed by atoms with Crippen molar-refractivity contribution in [3.05, 3.63) is 62.7 Å². The molecule has 138 valence electrons. The van der Waals surface area contributed by atoms with Gasteiger partial charge in [0.05, 0.1) is 12.0 Å². The average Bonchev–Trinajstić information content (AvgIpc) is 2.61. The molecule has 0 saturated carbocycles. The molecule has 0 aliphatic rings. The Balaban J connectivity index is 2.04. The van der Waals surface area contributed by atoms with Crippen LogP contribution in [0.2, 0.25) is 5.02 Å². The summed E-state index contributed by atoms with van der Waals surface area (Å²) in [4.78, 5) is 22.8. The number of carbonyl (C=O) groups excluding carboxylic acids is 1. The second kappa shape index (κ2) is 8.64. The van der Waals surface area contributed by atoms with Crippen LogP contribution in [0.3, 0.4) is 0 Å². The molecule has 0 bridgehead atoms. The van der Waals surface area contributed by atoms with Crippen LogP contribution in [0.5, 0.6) is 5.75 Å². The van der Waals surface area contributed by atoms with Crippen LogP contribution >= 0.6 is 11.6 Å². The number of nitrogens with zero attached hydrogens (tertiary/aromatic N) is 1. The first kappa shape index (κ1) is 19.7. The van der Waals surface area contributed by atoms with E-state index in [1.807, 2.05) is 36.5 Å². The van der Waals surface area contributed by atoms with Gasteiger partial charge in [-0.15, -0.1) is 0 Å². The summed E-state index contributed by atoms with van der Waals surface area (Å²) < 4.78 is 5.04. The maximum Gasteiger partial charge on any atom is 0.311 e. The third-order valence-electron chi connectivity index (χ3n) is 4.05. The van der Waals surface area contributed by atoms with Gasteiger partial charge in [-0.2, -0.15) is 0 Å². The van der Waals surface area contributed by atoms with Gasteiger partial charge in [-0.05, 0) is 25.5 Å². The summed E-state index contributed by atoms with van der Waals surface area (Å²) in [5.74, 6) is -0.118. The Kier molecular flexibility index (Phi) is 6.54. The number of nitrogens with two attached hydrogens (primary N) is 1. The van der Waals surface area contributed by atoms with Crippen LogP contribution < -0.4 is 15.4 Å². The lowest BCUT2D eigenvalue weighted by molar-refractivity contribution is -0.682. The van der Waals surface area contributed by atoms with E-state index in [2.05, 4.69) is 5.32 Å². The normalized spacial score (nSPS) is 11.7. The topological polar surface area (TPSA) is 98.1 Å². The standard InChI is InChI=1S/C18H20ClN3O4/c1-11-8-16(22(24)25)17(26-3)9-15(11)21-18(23)10-20-12(2)13-6-4-5-7-14(13)19/h4-9,12,20H,10H2,1-3H3,(H,21,23)/p+1/t12-/m1/s1. The molecular formula is C18H21ClN3O4+. The van der Waals surface area contributed by atoms with Gasteiger partial charge in [0.15, 0.2) is 12.3 Å². The van der Waals surface area contributed by atoms with Gasteiger partial charge in [-0.1, -0.05) is 29.8 Å². The summed E-state index contributed by atoms with van der Waals surface area (Å²) >= 11 is 6.17. The van der Waals surface area contributed by atoms with Crippen LogP contribution in [0.25, 0.3) is 0 Å². The van der Waals surface area contributed by atoms with E-state index in [-0.39, 0.29) is 29.9 Å². The van der Waals surface area contributed by atoms with E-state index in [1.165, 1.54) is 19.2 Å². The largest absolute Gasteiger partial charge is 0.490 e. The van der Waals surface area contributed by atoms with Gasteiger partial charge in [0.1, 0.15) is 6.04 Å². The number of nitro groups is 1. The third kappa shape index (κ3) is 4.71. The molecule has 0 heterocycles. The summed E-state index contributed by atoms with van der Waals surface area (Å²) in [6.07, 6.45) is 0. The molecular weight excluding hydrogens is 358 g/mol. The number of carbonyl (C=O) groups is 1. The van der Waals surface area contributed by atoms with Crippen molar-refractivity contribution in [3.8, 4) is 5.75 Å². The van der Waals surface area contributed by atoms with Crippen molar-refractivity contribution in [1.29, 1.82) is 0 Å². The molecule has 0 spiro atoms. The predicted molar refractivity (Wildman–Crippen MR) is 99.7 cm³/mol. The molecule has 0 radical (unpaired) electrons. The number of halogens is 1. The van der Waals surface area contributed by atoms with E-state index < -0.39 is 4.92 Å². The molecule has 0 saturated heterocycles. The number of aryl methyl sites for hydroxylation is 1. The highest BCUT2D eigenvalue weighted by molar-refractivity contribution is 6.31. The van der Waals surface area contributed by atoms with Crippen molar-refractivity contribution < 1.29 is 19.8 Å². The summed E-state index contributed by atoms with van der Waals surface area (Å²) in [5, 5.41) is 16.3. The van der Waals surface area contributed by atoms with Crippen molar-refractivity contribution >= 4 is 28.9 Å². The number of hydrogen-bond acceptors (Lipinski definition) is 4. The van der Waals surface area contributed by atoms with E-state index in [4.69, 9.17) is 16.3 Å². The fourth-order valence-electron chi connectivity index (χ4n) is 2.57. The quantitative estimate of drug-likeness (QED) is 0.571. The SMILES string of the molecule is COc1cc(NC(=O)C[NH2+][C@H](C)c2ccccc2Cl)c(C)cc1[N+](=O)[O-]. The van der Waals surface area contributed by atoms with Crippen molar-refractivity contribution in [3.63, 3.8) is 0 Å². The molecule has 2 aromatic rings. The zero-order chi connectivity index (χ0) is 19.3. The summed E-state index contributed by atoms with van der Waals surface area (Å²) in [6, 6.07) is 10.4. The first-order valence-electron chi connectivity index (χ1n) is 8.04. The maximum atomic E-state index is 12.3. The minimum Gasteiger partial charge on any atom is -0.490 e. The highest BCUT2D eigenvalue weighted by Gasteiger charge is 2.19. The molecule has 0 aromatic heterocycles. The fraction of sp³-hybridized carbons (Fsp3) is 0.278. The molecule has 3 N–H and O–H groups in total. The number of hydrogen-bond donors (Lipinski definition) is 2. The second-order valence-corrected chi connectivity index (χ2v) is 6.30. The number of nitrogens with one attached hydrogen (secondary N) is 1. The van der Waals surface area contributed by atoms with Crippen molar-refractivity contribution in [1.82, 2.24) is 0 Å². The molecule has 2 aromatic carbocycles. The van der Waals surface area contributed by atoms with Crippen molar-refractivity contribution in [2.24, 2.45) is 0 Å². The van der Waals surface area contributed by atoms with Crippen LogP contribution in [0.1, 0.15) is 24.1 Å². The Bertz CT molecular complexity index is 826. The van der Waals surface area contributed by atoms with E-state index >= 15 is 0 Å². The van der Waals surface area contributed by atoms with E-state index in [1.54, 1.807) is 6.92 Å². The van der Waals surface area contributed by atoms with Crippen molar-refractivity contribution in [2.75, 3.05) is 19.0 Å². The van der Waals surface area contributed by atoms with Crippen LogP contribution in [0.4, 0.5) is 11.4 Å². The molecule has 0 aliphatic heterocycles. The van der Waals surface area contributed by atoms with Gasteiger partial charge in [0.2, 0.25) is 0 Å². The molecule has 1 amide bonds. The van der Waals surface area contributed by atoms with E-state index in [0.717, 1.165) is 5.56 Å². The van der Waals surface area contributed by atoms with Gasteiger partial charge in [-0.3, -0.25) is 14.9 Å². The first-order chi connectivity index (χ1) is 12.3. The highest BCUT2D eigenvalue weighted by atomic mass is 35.5. The Hall–Kier alpha value is -2.64. The molecule has 8 heteroatoms. The molecule has 0 fully saturated rings. The Morgan fingerprint density at radius 3 is 2.69 bits per heavy atom. The van der Waals surface area contributed by atoms with Gasteiger partial charge in [0.25, 0.3) is 5.91 Å². The number of ether oxygens (including phenoxy) is 1. The Labute approximate surface area is 156 Å². The number of anilines is 1. The molecule has 1 atom stereocenters. The van der Waals surface area contributed by atoms with Crippen LogP contribution in [0, 0.1) is 17.0 Å². The van der Waals surface area contributed by atoms with E-state index in [0.29, 0.717) is 16.3 Å². The summed E-state index contributed by atoms with van der Waals surface area (Å²) in [7, 11) is 1.35. The minimum absolute atomic E-state index is 0.0157. The second-order valence-electron chi connectivity index (χ2n) is 5.89. The zero-order valence-corrected chi connectivity index (χ0v) is 15.5. The van der Waals surface area contributed by atoms with Gasteiger partial charge in [-0.25, -0.2) is 0 Å². The lowest BCUT2D eigenvalue weighted by Gasteiger charge is -2.14. The lowest BCUT2D eigenvalue weighted by Crippen LogP contribution is -2.86. The number of quaternary nitrogens is 1. The smallest absolute Gasteiger partial charge is 0.311 e. The number of nitro benzene ring substituents is 1. The molecule has 0 unspecified atom stereocenters. The molecule has 2 rings (SSSR count). The van der Waals surface area contributed by atoms with Gasteiger partial charge < -0.3 is 15.4 Å². The van der Waals surface area contributed by atoms with Gasteiger partial charge in [0, 0.05) is 28.4 Å². The number of methoxy groups -OCH3 is 1. The fourth-order valence-corrected chi connectivity index (χ4v) is 2.88. The van der Waals surface area contributed by atoms with Crippen molar-refractivity contribution in [2.45, 2.75) is 19.9 Å². The predicted octanol–water partition coefficient (Wildman–Crippen LogP) is 2.83. The Morgan fingerprint density at radius 1 is 1.38 bits per heavy atom. The maximum absolute atomic E-state index is 12.3. The van der Waals surface area contributed by atoms with E-state index in [9.17, 15) is 14.9 Å². The third-order valence-corrected chi connectivity index (χ3v) is 4.39. The number of rotatable bonds is 7.